The second-order valence-corrected chi connectivity index (χ2v) is 4.69. The molecule has 0 aliphatic heterocycles. The van der Waals surface area contributed by atoms with Gasteiger partial charge in [-0.05, 0) is 30.9 Å². The zero-order valence-corrected chi connectivity index (χ0v) is 10.1. The van der Waals surface area contributed by atoms with Crippen LogP contribution in [0.15, 0.2) is 29.1 Å². The summed E-state index contributed by atoms with van der Waals surface area (Å²) in [5.41, 5.74) is 2.50. The smallest absolute Gasteiger partial charge is 0.257 e. The summed E-state index contributed by atoms with van der Waals surface area (Å²) in [6, 6.07) is 8.17. The fourth-order valence-corrected chi connectivity index (χ4v) is 2.54. The summed E-state index contributed by atoms with van der Waals surface area (Å²) in [7, 11) is 0. The second-order valence-electron chi connectivity index (χ2n) is 4.69. The summed E-state index contributed by atoms with van der Waals surface area (Å²) >= 11 is 0. The highest BCUT2D eigenvalue weighted by Gasteiger charge is 2.26. The number of aryl methyl sites for hydroxylation is 1. The van der Waals surface area contributed by atoms with Gasteiger partial charge in [-0.3, -0.25) is 4.79 Å². The summed E-state index contributed by atoms with van der Waals surface area (Å²) in [4.78, 5) is 18.6. The topological polar surface area (TPSA) is 66.0 Å². The lowest BCUT2D eigenvalue weighted by Gasteiger charge is -2.11. The third-order valence-electron chi connectivity index (χ3n) is 3.61. The molecule has 0 fully saturated rings. The van der Waals surface area contributed by atoms with Gasteiger partial charge in [0.1, 0.15) is 5.82 Å². The zero-order valence-electron chi connectivity index (χ0n) is 10.1. The molecule has 0 saturated heterocycles. The Balaban J connectivity index is 2.11. The molecule has 1 unspecified atom stereocenters. The number of fused-ring (bicyclic) bond motifs is 1. The van der Waals surface area contributed by atoms with Crippen LogP contribution in [0.3, 0.4) is 0 Å². The van der Waals surface area contributed by atoms with E-state index in [1.165, 1.54) is 11.1 Å². The van der Waals surface area contributed by atoms with Crippen molar-refractivity contribution >= 4 is 0 Å². The standard InChI is InChI=1S/C14H14N2O2/c1-8-13(17)15-12(16-14(8)18)11-7-6-9-4-2-3-5-10(9)11/h2-5,11H,6-7H2,1H3,(H2,15,16,17,18). The van der Waals surface area contributed by atoms with Crippen LogP contribution < -0.4 is 5.56 Å². The molecule has 0 saturated carbocycles. The lowest BCUT2D eigenvalue weighted by Crippen LogP contribution is -2.16. The summed E-state index contributed by atoms with van der Waals surface area (Å²) in [6.45, 7) is 1.56. The molecular weight excluding hydrogens is 228 g/mol. The predicted octanol–water partition coefficient (Wildman–Crippen LogP) is 1.86. The Labute approximate surface area is 104 Å². The first-order valence-corrected chi connectivity index (χ1v) is 6.04. The van der Waals surface area contributed by atoms with Crippen molar-refractivity contribution in [2.24, 2.45) is 0 Å². The first-order valence-electron chi connectivity index (χ1n) is 6.04. The molecular formula is C14H14N2O2. The van der Waals surface area contributed by atoms with Gasteiger partial charge >= 0.3 is 0 Å². The Morgan fingerprint density at radius 3 is 2.94 bits per heavy atom. The molecule has 0 spiro atoms. The van der Waals surface area contributed by atoms with Gasteiger partial charge in [-0.2, -0.15) is 4.98 Å². The highest BCUT2D eigenvalue weighted by atomic mass is 16.3. The molecule has 1 heterocycles. The largest absolute Gasteiger partial charge is 0.493 e. The van der Waals surface area contributed by atoms with Crippen LogP contribution in [0.5, 0.6) is 5.88 Å². The van der Waals surface area contributed by atoms with Crippen LogP contribution in [0.4, 0.5) is 0 Å². The predicted molar refractivity (Wildman–Crippen MR) is 67.9 cm³/mol. The number of aromatic hydroxyl groups is 1. The molecule has 0 amide bonds. The summed E-state index contributed by atoms with van der Waals surface area (Å²) < 4.78 is 0. The number of hydrogen-bond donors (Lipinski definition) is 2. The molecule has 4 nitrogen and oxygen atoms in total. The number of benzene rings is 1. The van der Waals surface area contributed by atoms with Crippen LogP contribution >= 0.6 is 0 Å². The molecule has 2 N–H and O–H groups in total. The van der Waals surface area contributed by atoms with E-state index in [1.807, 2.05) is 12.1 Å². The first-order chi connectivity index (χ1) is 8.66. The number of nitrogens with one attached hydrogen (secondary N) is 1. The van der Waals surface area contributed by atoms with Gasteiger partial charge in [0.15, 0.2) is 0 Å². The minimum atomic E-state index is -0.262. The van der Waals surface area contributed by atoms with Crippen molar-refractivity contribution in [3.8, 4) is 5.88 Å². The summed E-state index contributed by atoms with van der Waals surface area (Å²) in [6.07, 6.45) is 1.91. The van der Waals surface area contributed by atoms with Gasteiger partial charge in [-0.25, -0.2) is 0 Å². The maximum absolute atomic E-state index is 11.7. The van der Waals surface area contributed by atoms with Gasteiger partial charge in [0, 0.05) is 5.92 Å². The van der Waals surface area contributed by atoms with E-state index in [2.05, 4.69) is 22.1 Å². The number of H-pyrrole nitrogens is 1. The molecule has 2 aromatic rings. The van der Waals surface area contributed by atoms with Crippen molar-refractivity contribution in [2.45, 2.75) is 25.7 Å². The first kappa shape index (κ1) is 11.0. The fourth-order valence-electron chi connectivity index (χ4n) is 2.54. The molecule has 0 bridgehead atoms. The monoisotopic (exact) mass is 242 g/mol. The maximum atomic E-state index is 11.7. The molecule has 1 atom stereocenters. The Hall–Kier alpha value is -2.10. The quantitative estimate of drug-likeness (QED) is 0.802. The molecule has 1 aliphatic rings. The van der Waals surface area contributed by atoms with Crippen molar-refractivity contribution in [1.29, 1.82) is 0 Å². The third-order valence-corrected chi connectivity index (χ3v) is 3.61. The van der Waals surface area contributed by atoms with Crippen molar-refractivity contribution in [2.75, 3.05) is 0 Å². The van der Waals surface area contributed by atoms with Gasteiger partial charge in [-0.1, -0.05) is 24.3 Å². The summed E-state index contributed by atoms with van der Waals surface area (Å²) in [5.74, 6) is 0.478. The van der Waals surface area contributed by atoms with Crippen molar-refractivity contribution < 1.29 is 5.11 Å². The molecule has 1 aromatic carbocycles. The van der Waals surface area contributed by atoms with Crippen LogP contribution in [0.25, 0.3) is 0 Å². The Kier molecular flexibility index (Phi) is 2.44. The number of hydrogen-bond acceptors (Lipinski definition) is 3. The highest BCUT2D eigenvalue weighted by Crippen LogP contribution is 2.36. The van der Waals surface area contributed by atoms with Crippen LogP contribution in [-0.4, -0.2) is 15.1 Å². The number of aromatic nitrogens is 2. The summed E-state index contributed by atoms with van der Waals surface area (Å²) in [5, 5.41) is 9.66. The second kappa shape index (κ2) is 3.98. The van der Waals surface area contributed by atoms with Gasteiger partial charge < -0.3 is 10.1 Å². The van der Waals surface area contributed by atoms with E-state index in [-0.39, 0.29) is 22.9 Å². The molecule has 1 aromatic heterocycles. The minimum Gasteiger partial charge on any atom is -0.493 e. The van der Waals surface area contributed by atoms with Crippen LogP contribution in [-0.2, 0) is 6.42 Å². The molecule has 1 aliphatic carbocycles. The van der Waals surface area contributed by atoms with Gasteiger partial charge in [0.2, 0.25) is 5.88 Å². The molecule has 92 valence electrons. The third kappa shape index (κ3) is 1.61. The molecule has 0 radical (unpaired) electrons. The van der Waals surface area contributed by atoms with E-state index in [9.17, 15) is 9.90 Å². The lowest BCUT2D eigenvalue weighted by atomic mass is 10.0. The minimum absolute atomic E-state index is 0.0837. The van der Waals surface area contributed by atoms with E-state index in [0.717, 1.165) is 12.8 Å². The molecule has 4 heteroatoms. The average Bonchev–Trinajstić information content (AvgIpc) is 2.79. The Morgan fingerprint density at radius 1 is 1.39 bits per heavy atom. The maximum Gasteiger partial charge on any atom is 0.257 e. The van der Waals surface area contributed by atoms with Crippen LogP contribution in [0, 0.1) is 6.92 Å². The fraction of sp³-hybridized carbons (Fsp3) is 0.286. The van der Waals surface area contributed by atoms with Gasteiger partial charge in [0.05, 0.1) is 5.56 Å². The number of aromatic amines is 1. The van der Waals surface area contributed by atoms with Crippen molar-refractivity contribution in [3.63, 3.8) is 0 Å². The van der Waals surface area contributed by atoms with Gasteiger partial charge in [-0.15, -0.1) is 0 Å². The van der Waals surface area contributed by atoms with E-state index in [0.29, 0.717) is 5.82 Å². The SMILES string of the molecule is Cc1c(O)nc(C2CCc3ccccc32)[nH]c1=O. The van der Waals surface area contributed by atoms with E-state index in [1.54, 1.807) is 6.92 Å². The highest BCUT2D eigenvalue weighted by molar-refractivity contribution is 5.39. The van der Waals surface area contributed by atoms with Crippen LogP contribution in [0.1, 0.15) is 34.9 Å². The van der Waals surface area contributed by atoms with E-state index < -0.39 is 0 Å². The molecule has 18 heavy (non-hydrogen) atoms. The molecule has 3 rings (SSSR count). The van der Waals surface area contributed by atoms with E-state index >= 15 is 0 Å². The lowest BCUT2D eigenvalue weighted by molar-refractivity contribution is 0.440. The average molecular weight is 242 g/mol. The van der Waals surface area contributed by atoms with Crippen molar-refractivity contribution in [3.05, 3.63) is 57.1 Å². The Morgan fingerprint density at radius 2 is 2.17 bits per heavy atom. The number of nitrogens with zero attached hydrogens (tertiary/aromatic N) is 1. The zero-order chi connectivity index (χ0) is 12.7. The van der Waals surface area contributed by atoms with E-state index in [4.69, 9.17) is 0 Å². The number of rotatable bonds is 1. The van der Waals surface area contributed by atoms with Gasteiger partial charge in [0.25, 0.3) is 5.56 Å². The normalized spacial score (nSPS) is 17.7. The Bertz CT molecular complexity index is 661. The van der Waals surface area contributed by atoms with Crippen LogP contribution in [0.2, 0.25) is 0 Å². The van der Waals surface area contributed by atoms with Crippen molar-refractivity contribution in [1.82, 2.24) is 9.97 Å².